The third-order valence-electron chi connectivity index (χ3n) is 2.77. The topological polar surface area (TPSA) is 90.1 Å². The summed E-state index contributed by atoms with van der Waals surface area (Å²) in [5, 5.41) is 17.6. The molecule has 1 aromatic heterocycles. The molecule has 0 aliphatic rings. The Morgan fingerprint density at radius 1 is 1.52 bits per heavy atom. The number of nitrogens with one attached hydrogen (secondary N) is 1. The highest BCUT2D eigenvalue weighted by Crippen LogP contribution is 2.28. The Morgan fingerprint density at radius 2 is 2.19 bits per heavy atom. The Morgan fingerprint density at radius 3 is 2.71 bits per heavy atom. The number of nitrogens with zero attached hydrogens (tertiary/aromatic N) is 3. The summed E-state index contributed by atoms with van der Waals surface area (Å²) in [5.74, 6) is -0.465. The molecule has 9 heteroatoms. The minimum atomic E-state index is -0.559. The zero-order valence-electron chi connectivity index (χ0n) is 11.1. The number of aromatic nitrogens is 2. The number of aryl methyl sites for hydroxylation is 2. The van der Waals surface area contributed by atoms with Crippen molar-refractivity contribution in [3.8, 4) is 0 Å². The Balaban J connectivity index is 2.35. The van der Waals surface area contributed by atoms with Crippen LogP contribution in [0.25, 0.3) is 0 Å². The normalized spacial score (nSPS) is 10.5. The van der Waals surface area contributed by atoms with E-state index in [9.17, 15) is 14.9 Å². The first kappa shape index (κ1) is 15.5. The molecule has 0 radical (unpaired) electrons. The van der Waals surface area contributed by atoms with Crippen LogP contribution in [-0.4, -0.2) is 20.6 Å². The first-order valence-electron chi connectivity index (χ1n) is 5.75. The van der Waals surface area contributed by atoms with Crippen LogP contribution in [0.1, 0.15) is 16.2 Å². The van der Waals surface area contributed by atoms with E-state index in [0.29, 0.717) is 15.9 Å². The number of nitro groups is 1. The van der Waals surface area contributed by atoms with Gasteiger partial charge in [-0.2, -0.15) is 5.10 Å². The number of benzene rings is 1. The summed E-state index contributed by atoms with van der Waals surface area (Å²) in [6.07, 6.45) is 0. The van der Waals surface area contributed by atoms with Gasteiger partial charge in [0.15, 0.2) is 0 Å². The number of carbonyl (C=O) groups is 1. The van der Waals surface area contributed by atoms with E-state index in [-0.39, 0.29) is 16.4 Å². The second-order valence-corrected chi connectivity index (χ2v) is 5.45. The molecule has 0 saturated carbocycles. The van der Waals surface area contributed by atoms with Crippen molar-refractivity contribution in [2.24, 2.45) is 7.05 Å². The van der Waals surface area contributed by atoms with Crippen molar-refractivity contribution in [2.45, 2.75) is 6.92 Å². The molecule has 0 aliphatic heterocycles. The van der Waals surface area contributed by atoms with Gasteiger partial charge in [0.1, 0.15) is 5.69 Å². The molecule has 7 nitrogen and oxygen atoms in total. The van der Waals surface area contributed by atoms with Crippen molar-refractivity contribution in [2.75, 3.05) is 5.32 Å². The van der Waals surface area contributed by atoms with Crippen LogP contribution in [0.3, 0.4) is 0 Å². The lowest BCUT2D eigenvalue weighted by Gasteiger charge is -2.07. The molecule has 1 aromatic carbocycles. The van der Waals surface area contributed by atoms with Crippen LogP contribution in [0, 0.1) is 17.0 Å². The van der Waals surface area contributed by atoms with Gasteiger partial charge in [0.25, 0.3) is 11.6 Å². The van der Waals surface area contributed by atoms with E-state index in [4.69, 9.17) is 11.6 Å². The fraction of sp³-hybridized carbons (Fsp3) is 0.167. The third kappa shape index (κ3) is 3.06. The summed E-state index contributed by atoms with van der Waals surface area (Å²) in [6, 6.07) is 3.83. The van der Waals surface area contributed by atoms with Crippen molar-refractivity contribution < 1.29 is 9.72 Å². The summed E-state index contributed by atoms with van der Waals surface area (Å²) >= 11 is 9.23. The van der Waals surface area contributed by atoms with Gasteiger partial charge < -0.3 is 5.32 Å². The number of nitro benzene ring substituents is 1. The Hall–Kier alpha value is -1.93. The molecular formula is C12H10BrClN4O3. The zero-order valence-corrected chi connectivity index (χ0v) is 13.4. The molecule has 0 atom stereocenters. The van der Waals surface area contributed by atoms with E-state index in [0.717, 1.165) is 0 Å². The minimum absolute atomic E-state index is 0.157. The highest BCUT2D eigenvalue weighted by atomic mass is 79.9. The average molecular weight is 374 g/mol. The first-order valence-corrected chi connectivity index (χ1v) is 6.92. The molecule has 110 valence electrons. The lowest BCUT2D eigenvalue weighted by molar-refractivity contribution is -0.384. The molecule has 1 heterocycles. The summed E-state index contributed by atoms with van der Waals surface area (Å²) < 4.78 is 1.98. The highest BCUT2D eigenvalue weighted by molar-refractivity contribution is 9.10. The van der Waals surface area contributed by atoms with Crippen molar-refractivity contribution >= 4 is 44.8 Å². The SMILES string of the molecule is Cc1nn(C)c(C(=O)Nc2cc([N+](=O)[O-])ccc2Cl)c1Br. The Bertz CT molecular complexity index is 744. The number of halogens is 2. The van der Waals surface area contributed by atoms with Gasteiger partial charge in [-0.1, -0.05) is 11.6 Å². The molecule has 2 aromatic rings. The van der Waals surface area contributed by atoms with Crippen LogP contribution in [-0.2, 0) is 7.05 Å². The minimum Gasteiger partial charge on any atom is -0.319 e. The Labute approximate surface area is 133 Å². The van der Waals surface area contributed by atoms with Crippen molar-refractivity contribution in [3.63, 3.8) is 0 Å². The van der Waals surface area contributed by atoms with Crippen LogP contribution in [0.5, 0.6) is 0 Å². The molecule has 0 unspecified atom stereocenters. The molecule has 1 N–H and O–H groups in total. The predicted octanol–water partition coefficient (Wildman–Crippen LogP) is 3.30. The molecule has 0 aliphatic carbocycles. The van der Waals surface area contributed by atoms with E-state index in [1.165, 1.54) is 22.9 Å². The van der Waals surface area contributed by atoms with Crippen LogP contribution < -0.4 is 5.32 Å². The first-order chi connectivity index (χ1) is 9.81. The van der Waals surface area contributed by atoms with Gasteiger partial charge >= 0.3 is 0 Å². The van der Waals surface area contributed by atoms with Gasteiger partial charge in [-0.05, 0) is 28.9 Å². The molecular weight excluding hydrogens is 364 g/mol. The molecule has 2 rings (SSSR count). The maximum Gasteiger partial charge on any atom is 0.275 e. The largest absolute Gasteiger partial charge is 0.319 e. The smallest absolute Gasteiger partial charge is 0.275 e. The van der Waals surface area contributed by atoms with Crippen LogP contribution in [0.4, 0.5) is 11.4 Å². The molecule has 0 bridgehead atoms. The fourth-order valence-corrected chi connectivity index (χ4v) is 2.46. The zero-order chi connectivity index (χ0) is 15.7. The standard InChI is InChI=1S/C12H10BrClN4O3/c1-6-10(13)11(17(2)16-6)12(19)15-9-5-7(18(20)21)3-4-8(9)14/h3-5H,1-2H3,(H,15,19). The fourth-order valence-electron chi connectivity index (χ4n) is 1.78. The summed E-state index contributed by atoms with van der Waals surface area (Å²) in [4.78, 5) is 22.5. The molecule has 1 amide bonds. The molecule has 0 spiro atoms. The van der Waals surface area contributed by atoms with Crippen LogP contribution in [0.15, 0.2) is 22.7 Å². The lowest BCUT2D eigenvalue weighted by Crippen LogP contribution is -2.17. The van der Waals surface area contributed by atoms with E-state index in [1.807, 2.05) is 0 Å². The summed E-state index contributed by atoms with van der Waals surface area (Å²) in [7, 11) is 1.63. The molecule has 21 heavy (non-hydrogen) atoms. The van der Waals surface area contributed by atoms with Crippen LogP contribution >= 0.6 is 27.5 Å². The highest BCUT2D eigenvalue weighted by Gasteiger charge is 2.20. The lowest BCUT2D eigenvalue weighted by atomic mass is 10.2. The van der Waals surface area contributed by atoms with Crippen LogP contribution in [0.2, 0.25) is 5.02 Å². The van der Waals surface area contributed by atoms with E-state index < -0.39 is 10.8 Å². The van der Waals surface area contributed by atoms with E-state index in [2.05, 4.69) is 26.3 Å². The monoisotopic (exact) mass is 372 g/mol. The summed E-state index contributed by atoms with van der Waals surface area (Å²) in [5.41, 5.74) is 0.972. The third-order valence-corrected chi connectivity index (χ3v) is 4.05. The second-order valence-electron chi connectivity index (χ2n) is 4.25. The number of hydrogen-bond acceptors (Lipinski definition) is 4. The van der Waals surface area contributed by atoms with Crippen molar-refractivity contribution in [1.82, 2.24) is 9.78 Å². The Kier molecular flexibility index (Phi) is 4.29. The number of rotatable bonds is 3. The number of carbonyl (C=O) groups excluding carboxylic acids is 1. The molecule has 0 saturated heterocycles. The average Bonchev–Trinajstić information content (AvgIpc) is 2.65. The van der Waals surface area contributed by atoms with E-state index >= 15 is 0 Å². The van der Waals surface area contributed by atoms with Gasteiger partial charge in [-0.25, -0.2) is 0 Å². The maximum atomic E-state index is 12.3. The summed E-state index contributed by atoms with van der Waals surface area (Å²) in [6.45, 7) is 1.75. The number of hydrogen-bond donors (Lipinski definition) is 1. The predicted molar refractivity (Wildman–Crippen MR) is 81.7 cm³/mol. The maximum absolute atomic E-state index is 12.3. The second kappa shape index (κ2) is 5.82. The van der Waals surface area contributed by atoms with Gasteiger partial charge in [0, 0.05) is 19.2 Å². The van der Waals surface area contributed by atoms with Gasteiger partial charge in [-0.15, -0.1) is 0 Å². The molecule has 0 fully saturated rings. The van der Waals surface area contributed by atoms with E-state index in [1.54, 1.807) is 14.0 Å². The van der Waals surface area contributed by atoms with Crippen molar-refractivity contribution in [3.05, 3.63) is 49.2 Å². The number of amides is 1. The number of non-ortho nitro benzene ring substituents is 1. The van der Waals surface area contributed by atoms with Gasteiger partial charge in [0.2, 0.25) is 0 Å². The number of anilines is 1. The quantitative estimate of drug-likeness (QED) is 0.660. The van der Waals surface area contributed by atoms with Crippen molar-refractivity contribution in [1.29, 1.82) is 0 Å². The van der Waals surface area contributed by atoms with Gasteiger partial charge in [-0.3, -0.25) is 19.6 Å². The van der Waals surface area contributed by atoms with Gasteiger partial charge in [0.05, 0.1) is 25.8 Å².